The van der Waals surface area contributed by atoms with Gasteiger partial charge in [-0.1, -0.05) is 48.0 Å². The van der Waals surface area contributed by atoms with Crippen LogP contribution in [0.3, 0.4) is 0 Å². The summed E-state index contributed by atoms with van der Waals surface area (Å²) in [6.07, 6.45) is 0.420. The third-order valence-corrected chi connectivity index (χ3v) is 6.58. The topological polar surface area (TPSA) is 85.5 Å². The van der Waals surface area contributed by atoms with Gasteiger partial charge in [-0.25, -0.2) is 0 Å². The Hall–Kier alpha value is -3.61. The molecule has 1 saturated heterocycles. The minimum Gasteiger partial charge on any atom is -0.356 e. The Morgan fingerprint density at radius 2 is 1.79 bits per heavy atom. The number of aromatic amines is 1. The van der Waals surface area contributed by atoms with Gasteiger partial charge in [0.2, 0.25) is 17.7 Å². The third kappa shape index (κ3) is 3.85. The SMILES string of the molecule is Cc1ccc([C@@H]2c3[nH]c4ccccc4c3C[C@H]3C(=O)N(CC(=O)NC(C)(C)C)CC(=O)N23)cc1. The number of hydrogen-bond acceptors (Lipinski definition) is 3. The van der Waals surface area contributed by atoms with Crippen LogP contribution in [0, 0.1) is 6.92 Å². The Labute approximate surface area is 199 Å². The number of aromatic nitrogens is 1. The van der Waals surface area contributed by atoms with Gasteiger partial charge in [0.15, 0.2) is 0 Å². The molecule has 2 aromatic carbocycles. The summed E-state index contributed by atoms with van der Waals surface area (Å²) in [5.41, 5.74) is 4.69. The number of amides is 3. The summed E-state index contributed by atoms with van der Waals surface area (Å²) >= 11 is 0. The Kier molecular flexibility index (Phi) is 5.23. The monoisotopic (exact) mass is 458 g/mol. The number of nitrogens with one attached hydrogen (secondary N) is 2. The van der Waals surface area contributed by atoms with Crippen LogP contribution in [0.5, 0.6) is 0 Å². The van der Waals surface area contributed by atoms with E-state index >= 15 is 0 Å². The minimum atomic E-state index is -0.651. The van der Waals surface area contributed by atoms with Crippen molar-refractivity contribution in [3.8, 4) is 0 Å². The third-order valence-electron chi connectivity index (χ3n) is 6.58. The molecule has 5 rings (SSSR count). The second kappa shape index (κ2) is 8.01. The molecule has 0 spiro atoms. The van der Waals surface area contributed by atoms with Gasteiger partial charge in [-0.2, -0.15) is 0 Å². The number of para-hydroxylation sites is 1. The van der Waals surface area contributed by atoms with E-state index in [2.05, 4.69) is 16.4 Å². The molecule has 7 heteroatoms. The van der Waals surface area contributed by atoms with E-state index in [4.69, 9.17) is 0 Å². The maximum Gasteiger partial charge on any atom is 0.246 e. The fraction of sp³-hybridized carbons (Fsp3) is 0.370. The number of rotatable bonds is 3. The highest BCUT2D eigenvalue weighted by Crippen LogP contribution is 2.42. The molecule has 7 nitrogen and oxygen atoms in total. The zero-order chi connectivity index (χ0) is 24.2. The van der Waals surface area contributed by atoms with E-state index in [9.17, 15) is 14.4 Å². The molecule has 3 amide bonds. The van der Waals surface area contributed by atoms with E-state index < -0.39 is 11.6 Å². The zero-order valence-corrected chi connectivity index (χ0v) is 20.0. The number of hydrogen-bond donors (Lipinski definition) is 2. The highest BCUT2D eigenvalue weighted by Gasteiger charge is 2.48. The number of aryl methyl sites for hydroxylation is 1. The zero-order valence-electron chi connectivity index (χ0n) is 20.0. The van der Waals surface area contributed by atoms with Crippen LogP contribution in [-0.4, -0.2) is 57.2 Å². The Balaban J connectivity index is 1.56. The van der Waals surface area contributed by atoms with Crippen molar-refractivity contribution in [2.45, 2.75) is 51.7 Å². The van der Waals surface area contributed by atoms with Crippen LogP contribution in [0.15, 0.2) is 48.5 Å². The lowest BCUT2D eigenvalue weighted by Crippen LogP contribution is -2.64. The number of benzene rings is 2. The summed E-state index contributed by atoms with van der Waals surface area (Å²) in [5.74, 6) is -0.597. The lowest BCUT2D eigenvalue weighted by Gasteiger charge is -2.47. The Morgan fingerprint density at radius 3 is 2.50 bits per heavy atom. The molecule has 2 atom stereocenters. The number of nitrogens with zero attached hydrogens (tertiary/aromatic N) is 2. The van der Waals surface area contributed by atoms with Crippen molar-refractivity contribution >= 4 is 28.6 Å². The van der Waals surface area contributed by atoms with Gasteiger partial charge in [0.1, 0.15) is 19.1 Å². The standard InChI is InChI=1S/C27H30N4O3/c1-16-9-11-17(12-10-16)25-24-19(18-7-5-6-8-20(18)28-24)13-21-26(34)30(15-23(33)31(21)25)14-22(32)29-27(2,3)4/h5-12,21,25,28H,13-15H2,1-4H3,(H,29,32)/t21-,25+/m0/s1. The molecule has 34 heavy (non-hydrogen) atoms. The highest BCUT2D eigenvalue weighted by molar-refractivity contribution is 5.99. The molecule has 0 unspecified atom stereocenters. The van der Waals surface area contributed by atoms with Crippen LogP contribution >= 0.6 is 0 Å². The van der Waals surface area contributed by atoms with E-state index in [1.165, 1.54) is 4.90 Å². The minimum absolute atomic E-state index is 0.106. The van der Waals surface area contributed by atoms with Crippen LogP contribution in [0.2, 0.25) is 0 Å². The molecule has 1 fully saturated rings. The first-order valence-electron chi connectivity index (χ1n) is 11.7. The molecule has 176 valence electrons. The summed E-state index contributed by atoms with van der Waals surface area (Å²) in [6, 6.07) is 15.1. The smallest absolute Gasteiger partial charge is 0.246 e. The molecule has 0 aliphatic carbocycles. The lowest BCUT2D eigenvalue weighted by molar-refractivity contribution is -0.159. The maximum atomic E-state index is 13.6. The first kappa shape index (κ1) is 22.2. The number of fused-ring (bicyclic) bond motifs is 4. The van der Waals surface area contributed by atoms with Gasteiger partial charge < -0.3 is 20.1 Å². The average molecular weight is 459 g/mol. The van der Waals surface area contributed by atoms with E-state index in [0.717, 1.165) is 33.3 Å². The van der Waals surface area contributed by atoms with Gasteiger partial charge in [-0.3, -0.25) is 14.4 Å². The molecule has 1 aromatic heterocycles. The molecule has 0 saturated carbocycles. The molecular formula is C27H30N4O3. The van der Waals surface area contributed by atoms with Gasteiger partial charge in [-0.15, -0.1) is 0 Å². The Morgan fingerprint density at radius 1 is 1.09 bits per heavy atom. The summed E-state index contributed by atoms with van der Waals surface area (Å²) < 4.78 is 0. The molecule has 2 aliphatic heterocycles. The van der Waals surface area contributed by atoms with E-state index in [1.807, 2.05) is 70.2 Å². The molecule has 0 bridgehead atoms. The van der Waals surface area contributed by atoms with E-state index in [-0.39, 0.29) is 36.9 Å². The van der Waals surface area contributed by atoms with Crippen molar-refractivity contribution in [1.29, 1.82) is 0 Å². The van der Waals surface area contributed by atoms with Crippen LogP contribution in [0.25, 0.3) is 10.9 Å². The molecular weight excluding hydrogens is 428 g/mol. The van der Waals surface area contributed by atoms with Crippen molar-refractivity contribution in [1.82, 2.24) is 20.1 Å². The van der Waals surface area contributed by atoms with Gasteiger partial charge in [0, 0.05) is 28.6 Å². The maximum absolute atomic E-state index is 13.6. The van der Waals surface area contributed by atoms with Gasteiger partial charge in [0.05, 0.1) is 6.04 Å². The molecule has 2 aliphatic rings. The number of piperazine rings is 1. The lowest BCUT2D eigenvalue weighted by atomic mass is 9.86. The largest absolute Gasteiger partial charge is 0.356 e. The van der Waals surface area contributed by atoms with E-state index in [1.54, 1.807) is 4.90 Å². The predicted molar refractivity (Wildman–Crippen MR) is 130 cm³/mol. The van der Waals surface area contributed by atoms with Gasteiger partial charge in [0.25, 0.3) is 0 Å². The normalized spacial score (nSPS) is 20.4. The van der Waals surface area contributed by atoms with Gasteiger partial charge >= 0.3 is 0 Å². The molecule has 0 radical (unpaired) electrons. The molecule has 2 N–H and O–H groups in total. The van der Waals surface area contributed by atoms with Crippen molar-refractivity contribution in [2.75, 3.05) is 13.1 Å². The first-order valence-corrected chi connectivity index (χ1v) is 11.7. The summed E-state index contributed by atoms with van der Waals surface area (Å²) in [6.45, 7) is 7.47. The number of H-pyrrole nitrogens is 1. The van der Waals surface area contributed by atoms with Crippen molar-refractivity contribution in [3.63, 3.8) is 0 Å². The second-order valence-corrected chi connectivity index (χ2v) is 10.4. The van der Waals surface area contributed by atoms with Crippen LogP contribution in [0.1, 0.15) is 49.2 Å². The second-order valence-electron chi connectivity index (χ2n) is 10.4. The van der Waals surface area contributed by atoms with Crippen LogP contribution < -0.4 is 5.32 Å². The average Bonchev–Trinajstić information content (AvgIpc) is 3.14. The Bertz CT molecular complexity index is 1290. The predicted octanol–water partition coefficient (Wildman–Crippen LogP) is 3.08. The number of carbonyl (C=O) groups excluding carboxylic acids is 3. The summed E-state index contributed by atoms with van der Waals surface area (Å²) in [7, 11) is 0. The summed E-state index contributed by atoms with van der Waals surface area (Å²) in [5, 5.41) is 3.95. The van der Waals surface area contributed by atoms with Crippen molar-refractivity contribution in [2.24, 2.45) is 0 Å². The highest BCUT2D eigenvalue weighted by atomic mass is 16.2. The van der Waals surface area contributed by atoms with Gasteiger partial charge in [-0.05, 0) is 44.9 Å². The fourth-order valence-corrected chi connectivity index (χ4v) is 5.18. The molecule has 3 heterocycles. The van der Waals surface area contributed by atoms with E-state index in [0.29, 0.717) is 6.42 Å². The first-order chi connectivity index (χ1) is 16.1. The van der Waals surface area contributed by atoms with Crippen LogP contribution in [0.4, 0.5) is 0 Å². The van der Waals surface area contributed by atoms with Crippen molar-refractivity contribution in [3.05, 3.63) is 70.9 Å². The number of carbonyl (C=O) groups is 3. The molecule has 3 aromatic rings. The quantitative estimate of drug-likeness (QED) is 0.633. The fourth-order valence-electron chi connectivity index (χ4n) is 5.18. The van der Waals surface area contributed by atoms with Crippen molar-refractivity contribution < 1.29 is 14.4 Å². The summed E-state index contributed by atoms with van der Waals surface area (Å²) in [4.78, 5) is 46.4. The van der Waals surface area contributed by atoms with Crippen LogP contribution in [-0.2, 0) is 20.8 Å².